The summed E-state index contributed by atoms with van der Waals surface area (Å²) in [6.45, 7) is 1.34. The van der Waals surface area contributed by atoms with E-state index in [1.807, 2.05) is 0 Å². The molecule has 29 heavy (non-hydrogen) atoms. The van der Waals surface area contributed by atoms with Gasteiger partial charge in [-0.3, -0.25) is 9.59 Å². The molecule has 13 heteroatoms. The molecule has 0 unspecified atom stereocenters. The van der Waals surface area contributed by atoms with Crippen molar-refractivity contribution in [3.8, 4) is 0 Å². The first-order valence-electron chi connectivity index (χ1n) is 8.84. The van der Waals surface area contributed by atoms with E-state index in [0.29, 0.717) is 0 Å². The van der Waals surface area contributed by atoms with Gasteiger partial charge in [0.1, 0.15) is 62.0 Å². The first-order valence-corrected chi connectivity index (χ1v) is 8.84. The third kappa shape index (κ3) is 5.81. The Labute approximate surface area is 165 Å². The molecule has 0 saturated carbocycles. The largest absolute Gasteiger partial charge is 0.463 e. The van der Waals surface area contributed by atoms with Gasteiger partial charge in [-0.05, 0) is 0 Å². The lowest BCUT2D eigenvalue weighted by Crippen LogP contribution is -2.64. The Hall–Kier alpha value is -1.42. The number of carbonyl (C=O) groups excluding carboxylic acids is 2. The summed E-state index contributed by atoms with van der Waals surface area (Å²) in [6, 6.07) is 0. The Morgan fingerprint density at radius 1 is 0.655 bits per heavy atom. The second-order valence-corrected chi connectivity index (χ2v) is 6.77. The predicted octanol–water partition coefficient (Wildman–Crippen LogP) is -4.26. The molecular weight excluding hydrogens is 400 g/mol. The van der Waals surface area contributed by atoms with Crippen LogP contribution in [0.15, 0.2) is 0 Å². The quantitative estimate of drug-likeness (QED) is 0.223. The van der Waals surface area contributed by atoms with Crippen molar-refractivity contribution in [2.45, 2.75) is 75.3 Å². The second-order valence-electron chi connectivity index (χ2n) is 6.77. The maximum atomic E-state index is 10.9. The van der Waals surface area contributed by atoms with Crippen LogP contribution in [0.1, 0.15) is 13.8 Å². The van der Waals surface area contributed by atoms with E-state index >= 15 is 0 Å². The molecule has 168 valence electrons. The number of esters is 2. The first-order chi connectivity index (χ1) is 13.5. The van der Waals surface area contributed by atoms with Gasteiger partial charge in [-0.2, -0.15) is 0 Å². The van der Waals surface area contributed by atoms with E-state index in [-0.39, 0.29) is 0 Å². The van der Waals surface area contributed by atoms with Crippen LogP contribution in [0.25, 0.3) is 0 Å². The first kappa shape index (κ1) is 23.9. The number of hydrogen-bond acceptors (Lipinski definition) is 13. The fourth-order valence-corrected chi connectivity index (χ4v) is 2.86. The van der Waals surface area contributed by atoms with Crippen LogP contribution in [0.3, 0.4) is 0 Å². The van der Waals surface area contributed by atoms with Crippen molar-refractivity contribution in [2.24, 2.45) is 0 Å². The molecule has 2 aliphatic rings. The molecular formula is C16H26O13. The summed E-state index contributed by atoms with van der Waals surface area (Å²) in [7, 11) is 0. The summed E-state index contributed by atoms with van der Waals surface area (Å²) >= 11 is 0. The molecule has 0 aromatic rings. The molecule has 0 amide bonds. The lowest BCUT2D eigenvalue weighted by Gasteiger charge is -2.44. The van der Waals surface area contributed by atoms with Gasteiger partial charge >= 0.3 is 11.9 Å². The summed E-state index contributed by atoms with van der Waals surface area (Å²) in [5.41, 5.74) is 0. The van der Waals surface area contributed by atoms with Crippen LogP contribution in [0.2, 0.25) is 0 Å². The lowest BCUT2D eigenvalue weighted by atomic mass is 9.98. The summed E-state index contributed by atoms with van der Waals surface area (Å²) in [5.74, 6) is -1.34. The highest BCUT2D eigenvalue weighted by molar-refractivity contribution is 5.66. The molecule has 2 fully saturated rings. The van der Waals surface area contributed by atoms with Crippen molar-refractivity contribution < 1.29 is 63.9 Å². The summed E-state index contributed by atoms with van der Waals surface area (Å²) in [6.07, 6.45) is -16.1. The fraction of sp³-hybridized carbons (Fsp3) is 0.875. The molecule has 0 aliphatic carbocycles. The Balaban J connectivity index is 2.07. The monoisotopic (exact) mass is 426 g/mol. The average molecular weight is 426 g/mol. The molecule has 2 heterocycles. The molecule has 10 atom stereocenters. The van der Waals surface area contributed by atoms with Gasteiger partial charge in [0.2, 0.25) is 0 Å². The molecule has 13 nitrogen and oxygen atoms in total. The summed E-state index contributed by atoms with van der Waals surface area (Å²) < 4.78 is 25.3. The van der Waals surface area contributed by atoms with Gasteiger partial charge in [-0.15, -0.1) is 0 Å². The van der Waals surface area contributed by atoms with Gasteiger partial charge < -0.3 is 54.3 Å². The topological polar surface area (TPSA) is 202 Å². The molecule has 0 bridgehead atoms. The molecule has 6 N–H and O–H groups in total. The molecule has 0 aromatic heterocycles. The minimum absolute atomic E-state index is 0.454. The zero-order valence-corrected chi connectivity index (χ0v) is 15.7. The van der Waals surface area contributed by atoms with Crippen molar-refractivity contribution >= 4 is 11.9 Å². The van der Waals surface area contributed by atoms with Crippen molar-refractivity contribution in [3.63, 3.8) is 0 Å². The highest BCUT2D eigenvalue weighted by Crippen LogP contribution is 2.28. The molecule has 0 spiro atoms. The van der Waals surface area contributed by atoms with Gasteiger partial charge in [0, 0.05) is 13.8 Å². The minimum Gasteiger partial charge on any atom is -0.463 e. The van der Waals surface area contributed by atoms with E-state index in [0.717, 1.165) is 13.8 Å². The summed E-state index contributed by atoms with van der Waals surface area (Å²) in [5, 5.41) is 60.1. The number of hydrogen-bond donors (Lipinski definition) is 6. The third-order valence-corrected chi connectivity index (χ3v) is 4.51. The molecule has 2 rings (SSSR count). The molecule has 0 radical (unpaired) electrons. The van der Waals surface area contributed by atoms with E-state index < -0.39 is 86.6 Å². The van der Waals surface area contributed by atoms with Crippen molar-refractivity contribution in [2.75, 3.05) is 13.2 Å². The van der Waals surface area contributed by atoms with Crippen LogP contribution < -0.4 is 0 Å². The number of rotatable bonds is 6. The van der Waals surface area contributed by atoms with Crippen LogP contribution in [0.4, 0.5) is 0 Å². The van der Waals surface area contributed by atoms with Crippen LogP contribution in [0, 0.1) is 0 Å². The maximum Gasteiger partial charge on any atom is 0.302 e. The third-order valence-electron chi connectivity index (χ3n) is 4.51. The number of carbonyl (C=O) groups is 2. The zero-order chi connectivity index (χ0) is 21.9. The Morgan fingerprint density at radius 3 is 1.31 bits per heavy atom. The van der Waals surface area contributed by atoms with E-state index in [9.17, 15) is 40.2 Å². The molecule has 2 aliphatic heterocycles. The highest BCUT2D eigenvalue weighted by atomic mass is 16.8. The van der Waals surface area contributed by atoms with Crippen molar-refractivity contribution in [1.29, 1.82) is 0 Å². The summed E-state index contributed by atoms with van der Waals surface area (Å²) in [4.78, 5) is 21.9. The maximum absolute atomic E-state index is 10.9. The Kier molecular flexibility index (Phi) is 8.28. The van der Waals surface area contributed by atoms with Gasteiger partial charge in [0.05, 0.1) is 0 Å². The molecule has 2 saturated heterocycles. The van der Waals surface area contributed by atoms with E-state index in [1.165, 1.54) is 0 Å². The Morgan fingerprint density at radius 2 is 1.00 bits per heavy atom. The number of aliphatic hydroxyl groups is 6. The van der Waals surface area contributed by atoms with E-state index in [4.69, 9.17) is 23.7 Å². The number of aliphatic hydroxyl groups excluding tert-OH is 6. The van der Waals surface area contributed by atoms with Crippen LogP contribution in [-0.4, -0.2) is 117 Å². The van der Waals surface area contributed by atoms with Crippen LogP contribution >= 0.6 is 0 Å². The smallest absolute Gasteiger partial charge is 0.302 e. The second kappa shape index (κ2) is 10.1. The van der Waals surface area contributed by atoms with Crippen molar-refractivity contribution in [3.05, 3.63) is 0 Å². The average Bonchev–Trinajstić information content (AvgIpc) is 2.66. The van der Waals surface area contributed by atoms with Gasteiger partial charge in [0.15, 0.2) is 12.6 Å². The fourth-order valence-electron chi connectivity index (χ4n) is 2.86. The zero-order valence-electron chi connectivity index (χ0n) is 15.7. The number of ether oxygens (including phenoxy) is 5. The minimum atomic E-state index is -1.79. The standard InChI is InChI=1S/C16H26O13/c1-5(17)25-3-7-9(19)11(21)13(23)15(27-7)29-16-14(24)12(22)10(20)8(28-16)4-26-6(2)18/h7-16,19-24H,3-4H2,1-2H3/t7-,8+,9-,10+,11+,12-,13-,14+,15-,16+. The highest BCUT2D eigenvalue weighted by Gasteiger charge is 2.50. The van der Waals surface area contributed by atoms with E-state index in [2.05, 4.69) is 0 Å². The van der Waals surface area contributed by atoms with E-state index in [1.54, 1.807) is 0 Å². The van der Waals surface area contributed by atoms with Crippen molar-refractivity contribution in [1.82, 2.24) is 0 Å². The van der Waals surface area contributed by atoms with Gasteiger partial charge in [0.25, 0.3) is 0 Å². The SMILES string of the molecule is CC(=O)OC[C@@H]1O[C@@H](O[C@H]2O[C@H](COC(C)=O)[C@@H](O)[C@H](O)[C@H]2O)[C@@H](O)[C@H](O)[C@H]1O. The van der Waals surface area contributed by atoms with Crippen LogP contribution in [0.5, 0.6) is 0 Å². The van der Waals surface area contributed by atoms with Crippen LogP contribution in [-0.2, 0) is 33.3 Å². The van der Waals surface area contributed by atoms with Gasteiger partial charge in [-0.1, -0.05) is 0 Å². The molecule has 0 aromatic carbocycles. The lowest BCUT2D eigenvalue weighted by molar-refractivity contribution is -0.376. The van der Waals surface area contributed by atoms with Gasteiger partial charge in [-0.25, -0.2) is 0 Å². The normalized spacial score (nSPS) is 42.9. The Bertz CT molecular complexity index is 523. The predicted molar refractivity (Wildman–Crippen MR) is 87.7 cm³/mol.